The average molecular weight is 229 g/mol. The number of hydrogen-bond acceptors (Lipinski definition) is 4. The first-order valence-corrected chi connectivity index (χ1v) is 5.37. The molecule has 0 saturated heterocycles. The molecule has 88 valence electrons. The van der Waals surface area contributed by atoms with E-state index < -0.39 is 0 Å². The van der Waals surface area contributed by atoms with Crippen LogP contribution in [0.1, 0.15) is 5.69 Å². The predicted octanol–water partition coefficient (Wildman–Crippen LogP) is 2.28. The molecular formula is C13H15N3O. The van der Waals surface area contributed by atoms with Gasteiger partial charge in [0.1, 0.15) is 11.6 Å². The van der Waals surface area contributed by atoms with Crippen LogP contribution in [0.4, 0.5) is 11.5 Å². The van der Waals surface area contributed by atoms with E-state index in [4.69, 9.17) is 10.5 Å². The molecule has 1 heterocycles. The van der Waals surface area contributed by atoms with Gasteiger partial charge in [-0.25, -0.2) is 4.98 Å². The Hall–Kier alpha value is -2.23. The Labute approximate surface area is 100 Å². The van der Waals surface area contributed by atoms with E-state index in [0.29, 0.717) is 12.4 Å². The second-order valence-corrected chi connectivity index (χ2v) is 3.64. The van der Waals surface area contributed by atoms with Crippen LogP contribution in [0, 0.1) is 0 Å². The number of nitrogens with two attached hydrogens (primary N) is 1. The van der Waals surface area contributed by atoms with Crippen molar-refractivity contribution >= 4 is 11.5 Å². The van der Waals surface area contributed by atoms with Crippen LogP contribution in [0.25, 0.3) is 0 Å². The molecule has 0 spiro atoms. The van der Waals surface area contributed by atoms with E-state index in [1.807, 2.05) is 36.4 Å². The van der Waals surface area contributed by atoms with Gasteiger partial charge in [0.15, 0.2) is 0 Å². The second kappa shape index (κ2) is 5.21. The number of hydrogen-bond donors (Lipinski definition) is 2. The summed E-state index contributed by atoms with van der Waals surface area (Å²) in [5, 5.41) is 3.26. The molecule has 0 atom stereocenters. The Kier molecular flexibility index (Phi) is 3.45. The average Bonchev–Trinajstić information content (AvgIpc) is 2.37. The van der Waals surface area contributed by atoms with Crippen molar-refractivity contribution in [3.8, 4) is 5.75 Å². The minimum atomic E-state index is 0.537. The van der Waals surface area contributed by atoms with Gasteiger partial charge in [-0.3, -0.25) is 0 Å². The lowest BCUT2D eigenvalue weighted by molar-refractivity contribution is 0.415. The molecule has 4 nitrogen and oxygen atoms in total. The van der Waals surface area contributed by atoms with Gasteiger partial charge in [0.2, 0.25) is 0 Å². The summed E-state index contributed by atoms with van der Waals surface area (Å²) in [7, 11) is 1.65. The molecule has 17 heavy (non-hydrogen) atoms. The third-order valence-electron chi connectivity index (χ3n) is 2.37. The fraction of sp³-hybridized carbons (Fsp3) is 0.154. The van der Waals surface area contributed by atoms with E-state index in [1.54, 1.807) is 13.2 Å². The number of anilines is 2. The van der Waals surface area contributed by atoms with Crippen molar-refractivity contribution in [2.45, 2.75) is 6.54 Å². The zero-order chi connectivity index (χ0) is 12.1. The lowest BCUT2D eigenvalue weighted by Crippen LogP contribution is -2.03. The van der Waals surface area contributed by atoms with Gasteiger partial charge in [-0.05, 0) is 24.3 Å². The Morgan fingerprint density at radius 1 is 1.24 bits per heavy atom. The topological polar surface area (TPSA) is 60.2 Å². The van der Waals surface area contributed by atoms with Crippen molar-refractivity contribution in [2.24, 2.45) is 0 Å². The Morgan fingerprint density at radius 3 is 2.82 bits per heavy atom. The Morgan fingerprint density at radius 2 is 2.06 bits per heavy atom. The lowest BCUT2D eigenvalue weighted by atomic mass is 10.3. The van der Waals surface area contributed by atoms with Crippen LogP contribution in [-0.4, -0.2) is 12.1 Å². The van der Waals surface area contributed by atoms with Crippen molar-refractivity contribution in [3.63, 3.8) is 0 Å². The molecule has 0 radical (unpaired) electrons. The Bertz CT molecular complexity index is 500. The molecule has 2 aromatic rings. The molecule has 0 aliphatic heterocycles. The van der Waals surface area contributed by atoms with Gasteiger partial charge in [-0.1, -0.05) is 12.1 Å². The normalized spacial score (nSPS) is 9.94. The summed E-state index contributed by atoms with van der Waals surface area (Å²) in [5.41, 5.74) is 7.52. The van der Waals surface area contributed by atoms with Crippen LogP contribution in [0.5, 0.6) is 5.75 Å². The van der Waals surface area contributed by atoms with Gasteiger partial charge in [-0.2, -0.15) is 0 Å². The fourth-order valence-corrected chi connectivity index (χ4v) is 1.52. The van der Waals surface area contributed by atoms with Gasteiger partial charge < -0.3 is 15.8 Å². The molecule has 3 N–H and O–H groups in total. The van der Waals surface area contributed by atoms with Crippen molar-refractivity contribution in [1.29, 1.82) is 0 Å². The van der Waals surface area contributed by atoms with E-state index in [-0.39, 0.29) is 0 Å². The molecule has 2 rings (SSSR count). The third kappa shape index (κ3) is 3.11. The van der Waals surface area contributed by atoms with Crippen molar-refractivity contribution in [2.75, 3.05) is 18.2 Å². The zero-order valence-corrected chi connectivity index (χ0v) is 9.68. The van der Waals surface area contributed by atoms with Crippen molar-refractivity contribution in [3.05, 3.63) is 48.2 Å². The standard InChI is InChI=1S/C13H15N3O/c1-17-12-6-2-4-10(8-12)15-9-11-5-3-7-13(14)16-11/h2-8,15H,9H2,1H3,(H2,14,16). The summed E-state index contributed by atoms with van der Waals surface area (Å²) in [4.78, 5) is 4.21. The van der Waals surface area contributed by atoms with Gasteiger partial charge in [-0.15, -0.1) is 0 Å². The largest absolute Gasteiger partial charge is 0.497 e. The molecule has 0 aliphatic rings. The lowest BCUT2D eigenvalue weighted by Gasteiger charge is -2.07. The number of benzene rings is 1. The molecule has 0 bridgehead atoms. The zero-order valence-electron chi connectivity index (χ0n) is 9.68. The number of aromatic nitrogens is 1. The number of nitrogens with zero attached hydrogens (tertiary/aromatic N) is 1. The van der Waals surface area contributed by atoms with Crippen molar-refractivity contribution < 1.29 is 4.74 Å². The highest BCUT2D eigenvalue weighted by atomic mass is 16.5. The number of ether oxygens (including phenoxy) is 1. The number of rotatable bonds is 4. The van der Waals surface area contributed by atoms with E-state index in [2.05, 4.69) is 10.3 Å². The molecule has 4 heteroatoms. The molecule has 1 aromatic carbocycles. The molecule has 0 amide bonds. The molecule has 0 fully saturated rings. The van der Waals surface area contributed by atoms with Crippen LogP contribution in [0.2, 0.25) is 0 Å². The first-order chi connectivity index (χ1) is 8.28. The SMILES string of the molecule is COc1cccc(NCc2cccc(N)n2)c1. The maximum Gasteiger partial charge on any atom is 0.123 e. The monoisotopic (exact) mass is 229 g/mol. The first kappa shape index (κ1) is 11.3. The van der Waals surface area contributed by atoms with Gasteiger partial charge in [0.25, 0.3) is 0 Å². The predicted molar refractivity (Wildman–Crippen MR) is 69.0 cm³/mol. The molecule has 0 unspecified atom stereocenters. The highest BCUT2D eigenvalue weighted by Crippen LogP contribution is 2.17. The minimum Gasteiger partial charge on any atom is -0.497 e. The minimum absolute atomic E-state index is 0.537. The smallest absolute Gasteiger partial charge is 0.123 e. The van der Waals surface area contributed by atoms with E-state index in [0.717, 1.165) is 17.1 Å². The number of methoxy groups -OCH3 is 1. The highest BCUT2D eigenvalue weighted by Gasteiger charge is 1.97. The van der Waals surface area contributed by atoms with Gasteiger partial charge >= 0.3 is 0 Å². The van der Waals surface area contributed by atoms with Crippen LogP contribution in [0.3, 0.4) is 0 Å². The third-order valence-corrected chi connectivity index (χ3v) is 2.37. The number of nitrogen functional groups attached to an aromatic ring is 1. The quantitative estimate of drug-likeness (QED) is 0.844. The second-order valence-electron chi connectivity index (χ2n) is 3.64. The van der Waals surface area contributed by atoms with Crippen molar-refractivity contribution in [1.82, 2.24) is 4.98 Å². The molecular weight excluding hydrogens is 214 g/mol. The van der Waals surface area contributed by atoms with E-state index >= 15 is 0 Å². The number of pyridine rings is 1. The fourth-order valence-electron chi connectivity index (χ4n) is 1.52. The van der Waals surface area contributed by atoms with Crippen LogP contribution < -0.4 is 15.8 Å². The summed E-state index contributed by atoms with van der Waals surface area (Å²) in [5.74, 6) is 1.37. The van der Waals surface area contributed by atoms with Crippen LogP contribution in [-0.2, 0) is 6.54 Å². The first-order valence-electron chi connectivity index (χ1n) is 5.37. The van der Waals surface area contributed by atoms with Gasteiger partial charge in [0, 0.05) is 11.8 Å². The van der Waals surface area contributed by atoms with E-state index in [1.165, 1.54) is 0 Å². The molecule has 0 aliphatic carbocycles. The Balaban J connectivity index is 2.02. The summed E-state index contributed by atoms with van der Waals surface area (Å²) >= 11 is 0. The maximum absolute atomic E-state index is 5.61. The van der Waals surface area contributed by atoms with Gasteiger partial charge in [0.05, 0.1) is 19.3 Å². The summed E-state index contributed by atoms with van der Waals surface area (Å²) < 4.78 is 5.15. The van der Waals surface area contributed by atoms with E-state index in [9.17, 15) is 0 Å². The highest BCUT2D eigenvalue weighted by molar-refractivity contribution is 5.48. The summed E-state index contributed by atoms with van der Waals surface area (Å²) in [6, 6.07) is 13.4. The summed E-state index contributed by atoms with van der Waals surface area (Å²) in [6.45, 7) is 0.637. The summed E-state index contributed by atoms with van der Waals surface area (Å²) in [6.07, 6.45) is 0. The van der Waals surface area contributed by atoms with Crippen LogP contribution >= 0.6 is 0 Å². The van der Waals surface area contributed by atoms with Crippen LogP contribution in [0.15, 0.2) is 42.5 Å². The maximum atomic E-state index is 5.61. The molecule has 0 saturated carbocycles. The molecule has 1 aromatic heterocycles. The number of nitrogens with one attached hydrogen (secondary N) is 1.